The fourth-order valence-electron chi connectivity index (χ4n) is 6.01. The van der Waals surface area contributed by atoms with E-state index >= 15 is 0 Å². The molecule has 2 amide bonds. The number of benzene rings is 1. The molecule has 0 bridgehead atoms. The van der Waals surface area contributed by atoms with E-state index in [1.807, 2.05) is 11.3 Å². The molecule has 2 aromatic rings. The number of nitrogens with zero attached hydrogens (tertiary/aromatic N) is 3. The van der Waals surface area contributed by atoms with Gasteiger partial charge in [-0.25, -0.2) is 0 Å². The summed E-state index contributed by atoms with van der Waals surface area (Å²) in [5, 5.41) is 3.55. The van der Waals surface area contributed by atoms with Gasteiger partial charge < -0.3 is 4.90 Å². The lowest BCUT2D eigenvalue weighted by Crippen LogP contribution is -2.49. The summed E-state index contributed by atoms with van der Waals surface area (Å²) in [5.74, 6) is 0.166. The van der Waals surface area contributed by atoms with E-state index in [9.17, 15) is 9.59 Å². The first-order chi connectivity index (χ1) is 15.6. The highest BCUT2D eigenvalue weighted by Crippen LogP contribution is 2.45. The summed E-state index contributed by atoms with van der Waals surface area (Å²) in [4.78, 5) is 32.0. The van der Waals surface area contributed by atoms with Gasteiger partial charge >= 0.3 is 0 Å². The second-order valence-corrected chi connectivity index (χ2v) is 10.9. The minimum atomic E-state index is -0.00403. The standard InChI is InChI=1S/C26H35N3O2S/c30-24-19-26(10-2-1-3-11-26)20-25(31)29(24)13-5-4-12-27-14-16-28(17-15-27)22-7-6-8-23-21(22)9-18-32-23/h6-9,18H,1-5,10-17,19-20H2. The smallest absolute Gasteiger partial charge is 0.229 e. The number of rotatable bonds is 6. The lowest BCUT2D eigenvalue weighted by molar-refractivity contribution is -0.154. The van der Waals surface area contributed by atoms with E-state index in [1.54, 1.807) is 4.90 Å². The largest absolute Gasteiger partial charge is 0.368 e. The van der Waals surface area contributed by atoms with Crippen LogP contribution in [-0.2, 0) is 9.59 Å². The number of hydrogen-bond donors (Lipinski definition) is 0. The monoisotopic (exact) mass is 453 g/mol. The van der Waals surface area contributed by atoms with Crippen molar-refractivity contribution in [2.45, 2.75) is 57.8 Å². The van der Waals surface area contributed by atoms with Crippen LogP contribution in [0.15, 0.2) is 29.6 Å². The zero-order chi connectivity index (χ0) is 22.0. The van der Waals surface area contributed by atoms with Crippen molar-refractivity contribution >= 4 is 38.9 Å². The zero-order valence-corrected chi connectivity index (χ0v) is 19.9. The number of likely N-dealkylation sites (tertiary alicyclic amines) is 1. The van der Waals surface area contributed by atoms with Crippen molar-refractivity contribution in [1.82, 2.24) is 9.80 Å². The molecule has 2 aliphatic heterocycles. The number of fused-ring (bicyclic) bond motifs is 1. The normalized spacial score (nSPS) is 22.2. The number of carbonyl (C=O) groups excluding carboxylic acids is 2. The van der Waals surface area contributed by atoms with Crippen LogP contribution >= 0.6 is 11.3 Å². The maximum atomic E-state index is 12.7. The average molecular weight is 454 g/mol. The summed E-state index contributed by atoms with van der Waals surface area (Å²) in [6.45, 7) is 5.92. The quantitative estimate of drug-likeness (QED) is 0.461. The van der Waals surface area contributed by atoms with Crippen LogP contribution in [0.2, 0.25) is 0 Å². The maximum absolute atomic E-state index is 12.7. The molecule has 6 heteroatoms. The molecule has 5 rings (SSSR count). The van der Waals surface area contributed by atoms with Crippen LogP contribution in [-0.4, -0.2) is 60.9 Å². The van der Waals surface area contributed by atoms with Crippen molar-refractivity contribution in [2.24, 2.45) is 5.41 Å². The molecular weight excluding hydrogens is 418 g/mol. The Balaban J connectivity index is 1.05. The molecule has 1 saturated carbocycles. The zero-order valence-electron chi connectivity index (χ0n) is 19.1. The van der Waals surface area contributed by atoms with E-state index in [0.717, 1.165) is 58.4 Å². The van der Waals surface area contributed by atoms with Gasteiger partial charge in [0.2, 0.25) is 11.8 Å². The Labute approximate surface area is 195 Å². The second-order valence-electron chi connectivity index (χ2n) is 10.00. The fourth-order valence-corrected chi connectivity index (χ4v) is 6.82. The molecule has 0 radical (unpaired) electrons. The second kappa shape index (κ2) is 9.52. The number of unbranched alkanes of at least 4 members (excludes halogenated alkanes) is 1. The highest BCUT2D eigenvalue weighted by molar-refractivity contribution is 7.17. The molecule has 3 aliphatic rings. The first-order valence-electron chi connectivity index (χ1n) is 12.4. The predicted octanol–water partition coefficient (Wildman–Crippen LogP) is 4.90. The van der Waals surface area contributed by atoms with Crippen LogP contribution < -0.4 is 4.90 Å². The Morgan fingerprint density at radius 2 is 1.56 bits per heavy atom. The van der Waals surface area contributed by atoms with Gasteiger partial charge in [0, 0.05) is 61.3 Å². The molecule has 1 aromatic heterocycles. The Morgan fingerprint density at radius 1 is 0.844 bits per heavy atom. The number of piperazine rings is 1. The van der Waals surface area contributed by atoms with E-state index in [1.165, 1.54) is 35.0 Å². The minimum absolute atomic E-state index is 0.00403. The summed E-state index contributed by atoms with van der Waals surface area (Å²) in [6, 6.07) is 8.85. The molecule has 0 atom stereocenters. The van der Waals surface area contributed by atoms with Gasteiger partial charge in [-0.2, -0.15) is 0 Å². The fraction of sp³-hybridized carbons (Fsp3) is 0.615. The van der Waals surface area contributed by atoms with Crippen molar-refractivity contribution in [2.75, 3.05) is 44.2 Å². The first kappa shape index (κ1) is 21.9. The highest BCUT2D eigenvalue weighted by atomic mass is 32.1. The topological polar surface area (TPSA) is 43.9 Å². The molecule has 32 heavy (non-hydrogen) atoms. The van der Waals surface area contributed by atoms with Gasteiger partial charge in [-0.05, 0) is 61.2 Å². The molecule has 1 spiro atoms. The van der Waals surface area contributed by atoms with Gasteiger partial charge in [0.05, 0.1) is 0 Å². The van der Waals surface area contributed by atoms with Gasteiger partial charge in [0.15, 0.2) is 0 Å². The summed E-state index contributed by atoms with van der Waals surface area (Å²) in [6.07, 6.45) is 8.88. The van der Waals surface area contributed by atoms with Gasteiger partial charge in [-0.1, -0.05) is 25.3 Å². The summed E-state index contributed by atoms with van der Waals surface area (Å²) in [7, 11) is 0. The average Bonchev–Trinajstić information content (AvgIpc) is 3.28. The minimum Gasteiger partial charge on any atom is -0.368 e. The lowest BCUT2D eigenvalue weighted by atomic mass is 9.67. The maximum Gasteiger partial charge on any atom is 0.229 e. The van der Waals surface area contributed by atoms with Crippen LogP contribution in [0.3, 0.4) is 0 Å². The summed E-state index contributed by atoms with van der Waals surface area (Å²) >= 11 is 1.81. The summed E-state index contributed by atoms with van der Waals surface area (Å²) in [5.41, 5.74) is 1.36. The van der Waals surface area contributed by atoms with Crippen LogP contribution in [0.5, 0.6) is 0 Å². The van der Waals surface area contributed by atoms with E-state index in [4.69, 9.17) is 0 Å². The number of carbonyl (C=O) groups is 2. The molecule has 172 valence electrons. The molecule has 3 heterocycles. The van der Waals surface area contributed by atoms with Crippen LogP contribution in [0.1, 0.15) is 57.8 Å². The van der Waals surface area contributed by atoms with E-state index in [2.05, 4.69) is 39.4 Å². The van der Waals surface area contributed by atoms with Gasteiger partial charge in [0.25, 0.3) is 0 Å². The summed E-state index contributed by atoms with van der Waals surface area (Å²) < 4.78 is 1.36. The first-order valence-corrected chi connectivity index (χ1v) is 13.3. The van der Waals surface area contributed by atoms with Crippen molar-refractivity contribution < 1.29 is 9.59 Å². The van der Waals surface area contributed by atoms with Gasteiger partial charge in [0.1, 0.15) is 0 Å². The molecule has 2 saturated heterocycles. The molecule has 1 aliphatic carbocycles. The Bertz CT molecular complexity index is 937. The molecular formula is C26H35N3O2S. The van der Waals surface area contributed by atoms with Gasteiger partial charge in [-0.3, -0.25) is 19.4 Å². The number of piperidine rings is 1. The van der Waals surface area contributed by atoms with Crippen molar-refractivity contribution in [3.8, 4) is 0 Å². The third-order valence-corrected chi connectivity index (χ3v) is 8.74. The number of thiophene rings is 1. The number of amides is 2. The van der Waals surface area contributed by atoms with Crippen LogP contribution in [0.25, 0.3) is 10.1 Å². The predicted molar refractivity (Wildman–Crippen MR) is 131 cm³/mol. The molecule has 0 unspecified atom stereocenters. The number of hydrogen-bond acceptors (Lipinski definition) is 5. The molecule has 3 fully saturated rings. The van der Waals surface area contributed by atoms with Crippen molar-refractivity contribution in [3.63, 3.8) is 0 Å². The highest BCUT2D eigenvalue weighted by Gasteiger charge is 2.43. The van der Waals surface area contributed by atoms with Crippen LogP contribution in [0, 0.1) is 5.41 Å². The van der Waals surface area contributed by atoms with Crippen molar-refractivity contribution in [3.05, 3.63) is 29.6 Å². The van der Waals surface area contributed by atoms with Crippen molar-refractivity contribution in [1.29, 1.82) is 0 Å². The molecule has 5 nitrogen and oxygen atoms in total. The lowest BCUT2D eigenvalue weighted by Gasteiger charge is -2.42. The number of anilines is 1. The van der Waals surface area contributed by atoms with Crippen LogP contribution in [0.4, 0.5) is 5.69 Å². The van der Waals surface area contributed by atoms with E-state index in [-0.39, 0.29) is 17.2 Å². The Kier molecular flexibility index (Phi) is 6.51. The molecule has 0 N–H and O–H groups in total. The van der Waals surface area contributed by atoms with E-state index < -0.39 is 0 Å². The Morgan fingerprint density at radius 3 is 2.31 bits per heavy atom. The van der Waals surface area contributed by atoms with Gasteiger partial charge in [-0.15, -0.1) is 11.3 Å². The molecule has 1 aromatic carbocycles. The SMILES string of the molecule is O=C1CC2(CCCCC2)CC(=O)N1CCCCN1CCN(c2cccc3sccc23)CC1. The Hall–Kier alpha value is -1.92. The third-order valence-electron chi connectivity index (χ3n) is 7.86. The van der Waals surface area contributed by atoms with E-state index in [0.29, 0.717) is 19.4 Å². The third kappa shape index (κ3) is 4.58. The number of imide groups is 1.